The van der Waals surface area contributed by atoms with Crippen molar-refractivity contribution in [3.63, 3.8) is 0 Å². The Hall–Kier alpha value is -2.18. The molecule has 1 saturated heterocycles. The number of rotatable bonds is 5. The first-order valence-electron chi connectivity index (χ1n) is 10.8. The van der Waals surface area contributed by atoms with Crippen LogP contribution in [0.3, 0.4) is 0 Å². The predicted molar refractivity (Wildman–Crippen MR) is 112 cm³/mol. The quantitative estimate of drug-likeness (QED) is 0.830. The van der Waals surface area contributed by atoms with Gasteiger partial charge in [0.1, 0.15) is 6.04 Å². The molecule has 29 heavy (non-hydrogen) atoms. The van der Waals surface area contributed by atoms with Crippen molar-refractivity contribution in [2.45, 2.75) is 50.6 Å². The molecule has 156 valence electrons. The number of amides is 2. The number of fused-ring (bicyclic) bond motifs is 1. The molecule has 0 radical (unpaired) electrons. The van der Waals surface area contributed by atoms with Crippen LogP contribution in [0.5, 0.6) is 0 Å². The molecule has 1 aliphatic carbocycles. The second-order valence-corrected chi connectivity index (χ2v) is 8.45. The molecular formula is C23H31N3O3. The van der Waals surface area contributed by atoms with Gasteiger partial charge in [0.2, 0.25) is 5.91 Å². The molecule has 1 N–H and O–H groups in total. The third-order valence-electron chi connectivity index (χ3n) is 6.80. The highest BCUT2D eigenvalue weighted by molar-refractivity contribution is 6.10. The molecule has 1 aromatic rings. The standard InChI is InChI=1S/C23H31N3O3/c1-17-19-8-4-5-9-20(19)22(28)26(17)18(2)21(27)24-16-23(10-6-3-7-11-23)25-12-14-29-15-13-25/h4-5,8-9,18H,1,3,6-7,10-16H2,2H3,(H,24,27)/t18-/m0/s1. The van der Waals surface area contributed by atoms with Gasteiger partial charge in [-0.05, 0) is 25.8 Å². The van der Waals surface area contributed by atoms with E-state index in [9.17, 15) is 9.59 Å². The number of nitrogens with zero attached hydrogens (tertiary/aromatic N) is 2. The summed E-state index contributed by atoms with van der Waals surface area (Å²) in [5, 5.41) is 3.18. The van der Waals surface area contributed by atoms with Gasteiger partial charge in [0, 0.05) is 42.0 Å². The van der Waals surface area contributed by atoms with Crippen LogP contribution in [0, 0.1) is 0 Å². The van der Waals surface area contributed by atoms with Crippen molar-refractivity contribution in [1.82, 2.24) is 15.1 Å². The highest BCUT2D eigenvalue weighted by atomic mass is 16.5. The van der Waals surface area contributed by atoms with E-state index in [1.165, 1.54) is 24.2 Å². The topological polar surface area (TPSA) is 61.9 Å². The van der Waals surface area contributed by atoms with Crippen LogP contribution in [-0.2, 0) is 9.53 Å². The van der Waals surface area contributed by atoms with E-state index in [1.807, 2.05) is 18.2 Å². The predicted octanol–water partition coefficient (Wildman–Crippen LogP) is 2.65. The lowest BCUT2D eigenvalue weighted by molar-refractivity contribution is -0.125. The summed E-state index contributed by atoms with van der Waals surface area (Å²) in [4.78, 5) is 29.9. The van der Waals surface area contributed by atoms with E-state index in [0.717, 1.165) is 44.7 Å². The largest absolute Gasteiger partial charge is 0.379 e. The zero-order valence-corrected chi connectivity index (χ0v) is 17.3. The zero-order valence-electron chi connectivity index (χ0n) is 17.3. The second kappa shape index (κ2) is 8.28. The molecule has 1 atom stereocenters. The van der Waals surface area contributed by atoms with Gasteiger partial charge in [-0.2, -0.15) is 0 Å². The summed E-state index contributed by atoms with van der Waals surface area (Å²) in [5.74, 6) is -0.265. The van der Waals surface area contributed by atoms with E-state index in [4.69, 9.17) is 4.74 Å². The lowest BCUT2D eigenvalue weighted by Crippen LogP contribution is -2.60. The summed E-state index contributed by atoms with van der Waals surface area (Å²) >= 11 is 0. The van der Waals surface area contributed by atoms with E-state index >= 15 is 0 Å². The average molecular weight is 398 g/mol. The van der Waals surface area contributed by atoms with Crippen LogP contribution < -0.4 is 5.32 Å². The smallest absolute Gasteiger partial charge is 0.259 e. The normalized spacial score (nSPS) is 23.0. The van der Waals surface area contributed by atoms with Crippen LogP contribution >= 0.6 is 0 Å². The fourth-order valence-corrected chi connectivity index (χ4v) is 5.08. The summed E-state index contributed by atoms with van der Waals surface area (Å²) in [6.45, 7) is 9.83. The van der Waals surface area contributed by atoms with Crippen LogP contribution in [0.4, 0.5) is 0 Å². The van der Waals surface area contributed by atoms with E-state index in [0.29, 0.717) is 17.8 Å². The average Bonchev–Trinajstić information content (AvgIpc) is 3.03. The van der Waals surface area contributed by atoms with Crippen molar-refractivity contribution in [1.29, 1.82) is 0 Å². The van der Waals surface area contributed by atoms with Gasteiger partial charge >= 0.3 is 0 Å². The van der Waals surface area contributed by atoms with Crippen LogP contribution in [0.2, 0.25) is 0 Å². The second-order valence-electron chi connectivity index (χ2n) is 8.45. The van der Waals surface area contributed by atoms with Crippen molar-refractivity contribution in [2.24, 2.45) is 0 Å². The molecule has 0 spiro atoms. The van der Waals surface area contributed by atoms with Gasteiger partial charge in [-0.1, -0.05) is 44.0 Å². The number of benzene rings is 1. The summed E-state index contributed by atoms with van der Waals surface area (Å²) < 4.78 is 5.54. The lowest BCUT2D eigenvalue weighted by atomic mass is 9.79. The SMILES string of the molecule is C=C1c2ccccc2C(=O)N1[C@@H](C)C(=O)NCC1(N2CCOCC2)CCCCC1. The third kappa shape index (κ3) is 3.71. The minimum absolute atomic E-state index is 0.00635. The van der Waals surface area contributed by atoms with Crippen LogP contribution in [0.1, 0.15) is 54.9 Å². The number of carbonyl (C=O) groups excluding carboxylic acids is 2. The first-order valence-corrected chi connectivity index (χ1v) is 10.8. The molecule has 4 rings (SSSR count). The van der Waals surface area contributed by atoms with E-state index in [-0.39, 0.29) is 17.4 Å². The number of hydrogen-bond donors (Lipinski definition) is 1. The van der Waals surface area contributed by atoms with Crippen LogP contribution in [0.25, 0.3) is 5.70 Å². The molecule has 2 heterocycles. The molecule has 0 bridgehead atoms. The van der Waals surface area contributed by atoms with Crippen molar-refractivity contribution in [3.05, 3.63) is 42.0 Å². The van der Waals surface area contributed by atoms with Crippen LogP contribution in [-0.4, -0.2) is 66.0 Å². The molecule has 3 aliphatic rings. The van der Waals surface area contributed by atoms with E-state index in [1.54, 1.807) is 13.0 Å². The van der Waals surface area contributed by atoms with Gasteiger partial charge in [-0.3, -0.25) is 19.4 Å². The molecule has 1 saturated carbocycles. The first-order chi connectivity index (χ1) is 14.0. The monoisotopic (exact) mass is 397 g/mol. The number of hydrogen-bond acceptors (Lipinski definition) is 4. The molecule has 6 nitrogen and oxygen atoms in total. The Kier molecular flexibility index (Phi) is 5.74. The van der Waals surface area contributed by atoms with Crippen molar-refractivity contribution < 1.29 is 14.3 Å². The fourth-order valence-electron chi connectivity index (χ4n) is 5.08. The van der Waals surface area contributed by atoms with Gasteiger partial charge in [-0.25, -0.2) is 0 Å². The minimum Gasteiger partial charge on any atom is -0.379 e. The molecule has 1 aromatic carbocycles. The molecule has 6 heteroatoms. The minimum atomic E-state index is -0.590. The van der Waals surface area contributed by atoms with Gasteiger partial charge in [0.15, 0.2) is 0 Å². The summed E-state index contributed by atoms with van der Waals surface area (Å²) in [7, 11) is 0. The highest BCUT2D eigenvalue weighted by Gasteiger charge is 2.41. The molecule has 0 aromatic heterocycles. The molecule has 2 fully saturated rings. The number of carbonyl (C=O) groups is 2. The maximum absolute atomic E-state index is 13.1. The van der Waals surface area contributed by atoms with Crippen molar-refractivity contribution in [3.8, 4) is 0 Å². The Morgan fingerprint density at radius 1 is 1.17 bits per heavy atom. The van der Waals surface area contributed by atoms with Crippen molar-refractivity contribution in [2.75, 3.05) is 32.8 Å². The lowest BCUT2D eigenvalue weighted by Gasteiger charge is -2.48. The Morgan fingerprint density at radius 3 is 2.48 bits per heavy atom. The summed E-state index contributed by atoms with van der Waals surface area (Å²) in [5.41, 5.74) is 2.05. The van der Waals surface area contributed by atoms with Gasteiger partial charge in [0.05, 0.1) is 13.2 Å². The summed E-state index contributed by atoms with van der Waals surface area (Å²) in [6.07, 6.45) is 5.85. The number of ether oxygens (including phenoxy) is 1. The fraction of sp³-hybridized carbons (Fsp3) is 0.565. The Morgan fingerprint density at radius 2 is 1.83 bits per heavy atom. The Balaban J connectivity index is 1.44. The first kappa shape index (κ1) is 20.1. The highest BCUT2D eigenvalue weighted by Crippen LogP contribution is 2.35. The number of nitrogens with one attached hydrogen (secondary N) is 1. The van der Waals surface area contributed by atoms with Crippen molar-refractivity contribution >= 4 is 17.5 Å². The maximum atomic E-state index is 13.1. The van der Waals surface area contributed by atoms with E-state index in [2.05, 4.69) is 16.8 Å². The Bertz CT molecular complexity index is 759. The molecular weight excluding hydrogens is 366 g/mol. The zero-order chi connectivity index (χ0) is 20.4. The van der Waals surface area contributed by atoms with Gasteiger partial charge in [0.25, 0.3) is 5.91 Å². The Labute approximate surface area is 172 Å². The number of morpholine rings is 1. The molecule has 2 aliphatic heterocycles. The molecule has 2 amide bonds. The third-order valence-corrected chi connectivity index (χ3v) is 6.80. The van der Waals surface area contributed by atoms with Crippen LogP contribution in [0.15, 0.2) is 30.8 Å². The van der Waals surface area contributed by atoms with Gasteiger partial charge < -0.3 is 10.1 Å². The van der Waals surface area contributed by atoms with Gasteiger partial charge in [-0.15, -0.1) is 0 Å². The van der Waals surface area contributed by atoms with E-state index < -0.39 is 6.04 Å². The maximum Gasteiger partial charge on any atom is 0.259 e. The summed E-state index contributed by atoms with van der Waals surface area (Å²) in [6, 6.07) is 6.82. The molecule has 0 unspecified atom stereocenters.